The number of nitrogens with zero attached hydrogens (tertiary/aromatic N) is 2. The smallest absolute Gasteiger partial charge is 0.335 e. The minimum absolute atomic E-state index is 0.170. The van der Waals surface area contributed by atoms with Gasteiger partial charge in [-0.05, 0) is 19.1 Å². The van der Waals surface area contributed by atoms with Gasteiger partial charge < -0.3 is 10.1 Å². The van der Waals surface area contributed by atoms with Gasteiger partial charge in [-0.3, -0.25) is 0 Å². The quantitative estimate of drug-likeness (QED) is 0.672. The highest BCUT2D eigenvalue weighted by atomic mass is 35.5. The third kappa shape index (κ3) is 1.63. The Kier molecular flexibility index (Phi) is 2.63. The molecule has 6 heteroatoms. The third-order valence-electron chi connectivity index (χ3n) is 3.24. The van der Waals surface area contributed by atoms with Crippen LogP contribution in [0.2, 0.25) is 5.15 Å². The molecule has 2 N–H and O–H groups in total. The molecule has 0 aliphatic heterocycles. The Morgan fingerprint density at radius 1 is 1.50 bits per heavy atom. The Bertz CT molecular complexity index is 922. The zero-order valence-electron chi connectivity index (χ0n) is 10.4. The molecule has 0 radical (unpaired) electrons. The predicted octanol–water partition coefficient (Wildman–Crippen LogP) is 3.25. The molecule has 0 aliphatic carbocycles. The molecule has 3 rings (SSSR count). The second kappa shape index (κ2) is 4.22. The van der Waals surface area contributed by atoms with Crippen LogP contribution in [0.15, 0.2) is 18.2 Å². The van der Waals surface area contributed by atoms with E-state index in [-0.39, 0.29) is 5.56 Å². The summed E-state index contributed by atoms with van der Waals surface area (Å²) in [5.41, 5.74) is 2.32. The Balaban J connectivity index is 2.51. The second-order valence-electron chi connectivity index (χ2n) is 4.42. The van der Waals surface area contributed by atoms with Crippen LogP contribution in [0.4, 0.5) is 0 Å². The molecule has 98 valence electrons. The van der Waals surface area contributed by atoms with Crippen LogP contribution in [0, 0.1) is 18.3 Å². The van der Waals surface area contributed by atoms with E-state index in [0.29, 0.717) is 32.8 Å². The lowest BCUT2D eigenvalue weighted by atomic mass is 10.1. The van der Waals surface area contributed by atoms with Crippen LogP contribution in [0.1, 0.15) is 21.6 Å². The van der Waals surface area contributed by atoms with Crippen LogP contribution < -0.4 is 0 Å². The van der Waals surface area contributed by atoms with Crippen LogP contribution in [0.25, 0.3) is 21.8 Å². The lowest BCUT2D eigenvalue weighted by Crippen LogP contribution is -1.94. The van der Waals surface area contributed by atoms with Gasteiger partial charge in [-0.25, -0.2) is 9.78 Å². The van der Waals surface area contributed by atoms with Gasteiger partial charge in [0.25, 0.3) is 0 Å². The number of nitriles is 1. The standard InChI is InChI=1S/C14H8ClN3O2/c1-6-9(5-16)12-11(13(15)17-6)8-3-2-7(14(19)20)4-10(8)18-12/h2-4,18H,1H3,(H,19,20). The molecule has 0 aliphatic rings. The summed E-state index contributed by atoms with van der Waals surface area (Å²) in [6, 6.07) is 6.78. The van der Waals surface area contributed by atoms with Crippen LogP contribution in [-0.4, -0.2) is 21.0 Å². The number of pyridine rings is 1. The molecule has 0 amide bonds. The number of carboxylic acid groups (broad SMARTS) is 1. The maximum atomic E-state index is 11.0. The first kappa shape index (κ1) is 12.5. The number of aromatic amines is 1. The number of fused-ring (bicyclic) bond motifs is 3. The summed E-state index contributed by atoms with van der Waals surface area (Å²) in [7, 11) is 0. The molecule has 5 nitrogen and oxygen atoms in total. The maximum Gasteiger partial charge on any atom is 0.335 e. The largest absolute Gasteiger partial charge is 0.478 e. The van der Waals surface area contributed by atoms with Gasteiger partial charge in [0.2, 0.25) is 0 Å². The van der Waals surface area contributed by atoms with Gasteiger partial charge in [-0.1, -0.05) is 17.7 Å². The molecule has 0 atom stereocenters. The molecule has 0 bridgehead atoms. The molecule has 0 unspecified atom stereocenters. The highest BCUT2D eigenvalue weighted by Gasteiger charge is 2.16. The number of hydrogen-bond acceptors (Lipinski definition) is 3. The number of carboxylic acids is 1. The Morgan fingerprint density at radius 3 is 2.90 bits per heavy atom. The number of aromatic carboxylic acids is 1. The number of carbonyl (C=O) groups is 1. The van der Waals surface area contributed by atoms with E-state index < -0.39 is 5.97 Å². The van der Waals surface area contributed by atoms with Crippen molar-refractivity contribution in [3.63, 3.8) is 0 Å². The summed E-state index contributed by atoms with van der Waals surface area (Å²) >= 11 is 6.16. The Morgan fingerprint density at radius 2 is 2.25 bits per heavy atom. The fraction of sp³-hybridized carbons (Fsp3) is 0.0714. The first-order chi connectivity index (χ1) is 9.52. The Hall–Kier alpha value is -2.58. The van der Waals surface area contributed by atoms with Gasteiger partial charge in [-0.15, -0.1) is 0 Å². The molecule has 2 heterocycles. The van der Waals surface area contributed by atoms with E-state index in [9.17, 15) is 10.1 Å². The Labute approximate surface area is 118 Å². The van der Waals surface area contributed by atoms with Gasteiger partial charge in [0.1, 0.15) is 11.2 Å². The first-order valence-corrected chi connectivity index (χ1v) is 6.15. The monoisotopic (exact) mass is 285 g/mol. The average Bonchev–Trinajstić information content (AvgIpc) is 2.77. The third-order valence-corrected chi connectivity index (χ3v) is 3.51. The average molecular weight is 286 g/mol. The summed E-state index contributed by atoms with van der Waals surface area (Å²) < 4.78 is 0. The fourth-order valence-corrected chi connectivity index (χ4v) is 2.63. The van der Waals surface area contributed by atoms with E-state index in [0.717, 1.165) is 5.39 Å². The van der Waals surface area contributed by atoms with Gasteiger partial charge in [0.15, 0.2) is 0 Å². The van der Waals surface area contributed by atoms with Crippen molar-refractivity contribution in [3.05, 3.63) is 40.2 Å². The number of aryl methyl sites for hydroxylation is 1. The first-order valence-electron chi connectivity index (χ1n) is 5.78. The molecule has 0 saturated carbocycles. The number of rotatable bonds is 1. The molecule has 20 heavy (non-hydrogen) atoms. The van der Waals surface area contributed by atoms with E-state index in [1.807, 2.05) is 0 Å². The van der Waals surface area contributed by atoms with Crippen molar-refractivity contribution in [2.24, 2.45) is 0 Å². The number of H-pyrrole nitrogens is 1. The lowest BCUT2D eigenvalue weighted by molar-refractivity contribution is 0.0697. The second-order valence-corrected chi connectivity index (χ2v) is 4.77. The molecule has 3 aromatic rings. The summed E-state index contributed by atoms with van der Waals surface area (Å²) in [5.74, 6) is -1.01. The molecular formula is C14H8ClN3O2. The van der Waals surface area contributed by atoms with Crippen molar-refractivity contribution in [2.45, 2.75) is 6.92 Å². The van der Waals surface area contributed by atoms with Crippen molar-refractivity contribution in [3.8, 4) is 6.07 Å². The summed E-state index contributed by atoms with van der Waals surface area (Å²) in [4.78, 5) is 18.2. The highest BCUT2D eigenvalue weighted by Crippen LogP contribution is 2.33. The van der Waals surface area contributed by atoms with Crippen molar-refractivity contribution in [2.75, 3.05) is 0 Å². The van der Waals surface area contributed by atoms with Gasteiger partial charge in [0, 0.05) is 16.3 Å². The molecule has 0 fully saturated rings. The van der Waals surface area contributed by atoms with E-state index >= 15 is 0 Å². The minimum atomic E-state index is -1.01. The molecule has 0 spiro atoms. The van der Waals surface area contributed by atoms with Crippen LogP contribution in [0.5, 0.6) is 0 Å². The molecule has 0 saturated heterocycles. The number of aromatic nitrogens is 2. The van der Waals surface area contributed by atoms with Gasteiger partial charge in [-0.2, -0.15) is 5.26 Å². The number of halogens is 1. The highest BCUT2D eigenvalue weighted by molar-refractivity contribution is 6.37. The lowest BCUT2D eigenvalue weighted by Gasteiger charge is -2.00. The number of nitrogens with one attached hydrogen (secondary N) is 1. The number of benzene rings is 1. The van der Waals surface area contributed by atoms with E-state index in [1.165, 1.54) is 12.1 Å². The molecule has 2 aromatic heterocycles. The minimum Gasteiger partial charge on any atom is -0.478 e. The van der Waals surface area contributed by atoms with Crippen LogP contribution >= 0.6 is 11.6 Å². The maximum absolute atomic E-state index is 11.0. The summed E-state index contributed by atoms with van der Waals surface area (Å²) in [6.07, 6.45) is 0. The topological polar surface area (TPSA) is 89.8 Å². The van der Waals surface area contributed by atoms with Crippen molar-refractivity contribution < 1.29 is 9.90 Å². The van der Waals surface area contributed by atoms with Gasteiger partial charge in [0.05, 0.1) is 22.3 Å². The predicted molar refractivity (Wildman–Crippen MR) is 75.0 cm³/mol. The SMILES string of the molecule is Cc1nc(Cl)c2c([nH]c3cc(C(=O)O)ccc32)c1C#N. The van der Waals surface area contributed by atoms with Crippen molar-refractivity contribution >= 4 is 39.4 Å². The molecule has 1 aromatic carbocycles. The van der Waals surface area contributed by atoms with E-state index in [2.05, 4.69) is 16.0 Å². The van der Waals surface area contributed by atoms with Gasteiger partial charge >= 0.3 is 5.97 Å². The zero-order valence-corrected chi connectivity index (χ0v) is 11.1. The summed E-state index contributed by atoms with van der Waals surface area (Å²) in [5, 5.41) is 19.9. The number of hydrogen-bond donors (Lipinski definition) is 2. The zero-order chi connectivity index (χ0) is 14.4. The molecular weight excluding hydrogens is 278 g/mol. The fourth-order valence-electron chi connectivity index (χ4n) is 2.31. The van der Waals surface area contributed by atoms with Crippen molar-refractivity contribution in [1.29, 1.82) is 5.26 Å². The summed E-state index contributed by atoms with van der Waals surface area (Å²) in [6.45, 7) is 1.71. The normalized spacial score (nSPS) is 10.8. The van der Waals surface area contributed by atoms with E-state index in [1.54, 1.807) is 13.0 Å². The van der Waals surface area contributed by atoms with Crippen LogP contribution in [0.3, 0.4) is 0 Å². The van der Waals surface area contributed by atoms with E-state index in [4.69, 9.17) is 16.7 Å². The van der Waals surface area contributed by atoms with Crippen LogP contribution in [-0.2, 0) is 0 Å². The van der Waals surface area contributed by atoms with Crippen molar-refractivity contribution in [1.82, 2.24) is 9.97 Å².